The van der Waals surface area contributed by atoms with Crippen LogP contribution in [0.25, 0.3) is 5.57 Å². The standard InChI is InChI=1S/C18H13N3O2/c19-8-13-17(14-9-21-15-4-2-1-3-11(14)15)12-6-5-10(22)7-16(12)23-18(13)20/h1-7,17,22H,9,20H2. The molecule has 2 heterocycles. The maximum Gasteiger partial charge on any atom is 0.205 e. The van der Waals surface area contributed by atoms with Crippen molar-refractivity contribution in [1.29, 1.82) is 5.26 Å². The van der Waals surface area contributed by atoms with Crippen LogP contribution in [0.1, 0.15) is 11.5 Å². The third-order valence-electron chi connectivity index (χ3n) is 4.22. The summed E-state index contributed by atoms with van der Waals surface area (Å²) in [6, 6.07) is 14.9. The first-order valence-corrected chi connectivity index (χ1v) is 7.22. The van der Waals surface area contributed by atoms with Gasteiger partial charge in [0.1, 0.15) is 23.1 Å². The molecule has 0 bridgehead atoms. The van der Waals surface area contributed by atoms with E-state index >= 15 is 0 Å². The molecule has 112 valence electrons. The lowest BCUT2D eigenvalue weighted by molar-refractivity contribution is 0.389. The molecule has 5 heteroatoms. The number of rotatable bonds is 1. The third-order valence-corrected chi connectivity index (χ3v) is 4.22. The van der Waals surface area contributed by atoms with Crippen molar-refractivity contribution < 1.29 is 9.84 Å². The van der Waals surface area contributed by atoms with Gasteiger partial charge in [-0.05, 0) is 17.7 Å². The van der Waals surface area contributed by atoms with Gasteiger partial charge in [0.05, 0.1) is 17.8 Å². The van der Waals surface area contributed by atoms with E-state index in [1.165, 1.54) is 6.07 Å². The summed E-state index contributed by atoms with van der Waals surface area (Å²) in [5.41, 5.74) is 8.16. The number of hydrogen-bond acceptors (Lipinski definition) is 5. The van der Waals surface area contributed by atoms with Crippen molar-refractivity contribution in [2.75, 3.05) is 6.54 Å². The molecule has 2 aromatic rings. The van der Waals surface area contributed by atoms with Crippen molar-refractivity contribution in [1.82, 2.24) is 0 Å². The fourth-order valence-corrected chi connectivity index (χ4v) is 3.19. The van der Waals surface area contributed by atoms with Crippen LogP contribution in [0.4, 0.5) is 0 Å². The van der Waals surface area contributed by atoms with Crippen molar-refractivity contribution in [3.05, 3.63) is 70.1 Å². The molecule has 4 rings (SSSR count). The second kappa shape index (κ2) is 4.89. The summed E-state index contributed by atoms with van der Waals surface area (Å²) in [5, 5.41) is 21.2. The first kappa shape index (κ1) is 13.4. The quantitative estimate of drug-likeness (QED) is 0.823. The van der Waals surface area contributed by atoms with E-state index in [2.05, 4.69) is 11.1 Å². The van der Waals surface area contributed by atoms with E-state index in [0.717, 1.165) is 21.7 Å². The highest BCUT2D eigenvalue weighted by Gasteiger charge is 2.33. The molecule has 23 heavy (non-hydrogen) atoms. The number of nitrogens with two attached hydrogens (primary N) is 1. The first-order chi connectivity index (χ1) is 11.2. The van der Waals surface area contributed by atoms with Gasteiger partial charge in [0.15, 0.2) is 0 Å². The van der Waals surface area contributed by atoms with Crippen LogP contribution in [0, 0.1) is 11.3 Å². The minimum Gasteiger partial charge on any atom is -0.508 e. The molecule has 2 aliphatic rings. The number of ether oxygens (including phenoxy) is 1. The van der Waals surface area contributed by atoms with Gasteiger partial charge < -0.3 is 15.6 Å². The van der Waals surface area contributed by atoms with Crippen LogP contribution >= 0.6 is 0 Å². The number of phenolic OH excluding ortho intramolecular Hbond substituents is 1. The van der Waals surface area contributed by atoms with Crippen LogP contribution in [0.5, 0.6) is 11.5 Å². The van der Waals surface area contributed by atoms with Gasteiger partial charge in [0.2, 0.25) is 5.88 Å². The lowest BCUT2D eigenvalue weighted by atomic mass is 9.82. The highest BCUT2D eigenvalue weighted by Crippen LogP contribution is 2.43. The average molecular weight is 303 g/mol. The van der Waals surface area contributed by atoms with Crippen LogP contribution < -0.4 is 21.0 Å². The number of benzene rings is 2. The monoisotopic (exact) mass is 303 g/mol. The molecule has 0 aromatic heterocycles. The number of fused-ring (bicyclic) bond motifs is 2. The summed E-state index contributed by atoms with van der Waals surface area (Å²) in [7, 11) is 0. The molecule has 0 amide bonds. The molecule has 0 saturated heterocycles. The Morgan fingerprint density at radius 1 is 1.26 bits per heavy atom. The number of para-hydroxylation sites is 1. The predicted molar refractivity (Wildman–Crippen MR) is 83.8 cm³/mol. The average Bonchev–Trinajstić information content (AvgIpc) is 2.97. The molecular formula is C18H13N3O2. The Morgan fingerprint density at radius 3 is 2.91 bits per heavy atom. The maximum atomic E-state index is 9.68. The van der Waals surface area contributed by atoms with Crippen LogP contribution in [0.15, 0.2) is 58.9 Å². The summed E-state index contributed by atoms with van der Waals surface area (Å²) in [6.07, 6.45) is 0. The smallest absolute Gasteiger partial charge is 0.205 e. The minimum absolute atomic E-state index is 0.0764. The summed E-state index contributed by atoms with van der Waals surface area (Å²) in [5.74, 6) is 0.338. The first-order valence-electron chi connectivity index (χ1n) is 7.22. The second-order valence-electron chi connectivity index (χ2n) is 5.51. The third kappa shape index (κ3) is 1.96. The normalized spacial score (nSPS) is 18.6. The Labute approximate surface area is 132 Å². The van der Waals surface area contributed by atoms with E-state index in [1.54, 1.807) is 12.1 Å². The van der Waals surface area contributed by atoms with E-state index in [-0.39, 0.29) is 17.6 Å². The largest absolute Gasteiger partial charge is 0.508 e. The van der Waals surface area contributed by atoms with Gasteiger partial charge in [0.25, 0.3) is 0 Å². The lowest BCUT2D eigenvalue weighted by Crippen LogP contribution is -2.27. The van der Waals surface area contributed by atoms with Crippen LogP contribution in [0.2, 0.25) is 0 Å². The van der Waals surface area contributed by atoms with E-state index in [4.69, 9.17) is 10.5 Å². The number of hydrogen-bond donors (Lipinski definition) is 2. The maximum absolute atomic E-state index is 9.68. The molecule has 1 atom stereocenters. The van der Waals surface area contributed by atoms with Crippen molar-refractivity contribution in [3.63, 3.8) is 0 Å². The molecule has 2 aliphatic heterocycles. The highest BCUT2D eigenvalue weighted by atomic mass is 16.5. The zero-order valence-electron chi connectivity index (χ0n) is 12.2. The Balaban J connectivity index is 2.02. The highest BCUT2D eigenvalue weighted by molar-refractivity contribution is 5.69. The summed E-state index contributed by atoms with van der Waals surface area (Å²) < 4.78 is 5.52. The molecule has 0 radical (unpaired) electrons. The fourth-order valence-electron chi connectivity index (χ4n) is 3.19. The molecule has 0 saturated carbocycles. The van der Waals surface area contributed by atoms with Crippen molar-refractivity contribution in [2.45, 2.75) is 5.92 Å². The zero-order valence-corrected chi connectivity index (χ0v) is 12.2. The van der Waals surface area contributed by atoms with Gasteiger partial charge in [-0.3, -0.25) is 4.99 Å². The van der Waals surface area contributed by atoms with Crippen molar-refractivity contribution in [2.24, 2.45) is 10.7 Å². The van der Waals surface area contributed by atoms with Crippen LogP contribution in [-0.2, 0) is 0 Å². The van der Waals surface area contributed by atoms with Gasteiger partial charge in [-0.15, -0.1) is 0 Å². The molecule has 0 aliphatic carbocycles. The number of phenols is 1. The Morgan fingerprint density at radius 2 is 2.09 bits per heavy atom. The number of nitriles is 1. The molecule has 1 unspecified atom stereocenters. The molecule has 0 fully saturated rings. The Bertz CT molecular complexity index is 1020. The summed E-state index contributed by atoms with van der Waals surface area (Å²) in [6.45, 7) is 0.517. The van der Waals surface area contributed by atoms with E-state index < -0.39 is 0 Å². The van der Waals surface area contributed by atoms with Gasteiger partial charge in [0, 0.05) is 16.8 Å². The molecule has 2 aromatic carbocycles. The summed E-state index contributed by atoms with van der Waals surface area (Å²) >= 11 is 0. The van der Waals surface area contributed by atoms with Crippen molar-refractivity contribution in [3.8, 4) is 17.6 Å². The molecule has 0 spiro atoms. The predicted octanol–water partition coefficient (Wildman–Crippen LogP) is 1.05. The molecular weight excluding hydrogens is 290 g/mol. The van der Waals surface area contributed by atoms with Gasteiger partial charge in [-0.2, -0.15) is 5.26 Å². The van der Waals surface area contributed by atoms with Crippen LogP contribution in [-0.4, -0.2) is 11.7 Å². The number of nitrogens with zero attached hydrogens (tertiary/aromatic N) is 2. The zero-order chi connectivity index (χ0) is 16.0. The molecule has 3 N–H and O–H groups in total. The SMILES string of the molecule is N#CC1=C(N)Oc2cc(O)ccc2C1C1=c2ccccc2=NC1. The number of aromatic hydroxyl groups is 1. The lowest BCUT2D eigenvalue weighted by Gasteiger charge is -2.27. The Hall–Kier alpha value is -3.26. The summed E-state index contributed by atoms with van der Waals surface area (Å²) in [4.78, 5) is 4.54. The van der Waals surface area contributed by atoms with Crippen molar-refractivity contribution >= 4 is 5.57 Å². The Kier molecular flexibility index (Phi) is 2.85. The van der Waals surface area contributed by atoms with Gasteiger partial charge in [-0.25, -0.2) is 0 Å². The van der Waals surface area contributed by atoms with E-state index in [0.29, 0.717) is 17.9 Å². The van der Waals surface area contributed by atoms with Gasteiger partial charge in [-0.1, -0.05) is 24.3 Å². The van der Waals surface area contributed by atoms with Gasteiger partial charge >= 0.3 is 0 Å². The number of allylic oxidation sites excluding steroid dienone is 1. The van der Waals surface area contributed by atoms with E-state index in [9.17, 15) is 10.4 Å². The second-order valence-corrected chi connectivity index (χ2v) is 5.51. The minimum atomic E-state index is -0.309. The van der Waals surface area contributed by atoms with Crippen LogP contribution in [0.3, 0.4) is 0 Å². The topological polar surface area (TPSA) is 91.6 Å². The fraction of sp³-hybridized carbons (Fsp3) is 0.111. The molecule has 5 nitrogen and oxygen atoms in total. The van der Waals surface area contributed by atoms with E-state index in [1.807, 2.05) is 24.3 Å².